The van der Waals surface area contributed by atoms with E-state index in [0.29, 0.717) is 19.7 Å². The Kier molecular flexibility index (Phi) is 8.35. The van der Waals surface area contributed by atoms with Crippen LogP contribution in [-0.2, 0) is 6.42 Å². The Labute approximate surface area is 133 Å². The highest BCUT2D eigenvalue weighted by Crippen LogP contribution is 2.12. The van der Waals surface area contributed by atoms with Crippen LogP contribution in [0.2, 0.25) is 0 Å². The average Bonchev–Trinajstić information content (AvgIpc) is 2.45. The molecule has 5 N–H and O–H groups in total. The van der Waals surface area contributed by atoms with Crippen molar-refractivity contribution >= 4 is 0 Å². The lowest BCUT2D eigenvalue weighted by molar-refractivity contribution is 0.255. The van der Waals surface area contributed by atoms with E-state index >= 15 is 0 Å². The van der Waals surface area contributed by atoms with Crippen LogP contribution in [0, 0.1) is 0 Å². The van der Waals surface area contributed by atoms with Gasteiger partial charge in [-0.3, -0.25) is 0 Å². The van der Waals surface area contributed by atoms with Gasteiger partial charge < -0.3 is 25.7 Å². The zero-order valence-electron chi connectivity index (χ0n) is 13.9. The van der Waals surface area contributed by atoms with Gasteiger partial charge in [0.15, 0.2) is 0 Å². The molecule has 0 aliphatic heterocycles. The first-order chi connectivity index (χ1) is 10.5. The molecule has 0 atom stereocenters. The van der Waals surface area contributed by atoms with E-state index in [9.17, 15) is 0 Å². The molecule has 0 spiro atoms. The van der Waals surface area contributed by atoms with Gasteiger partial charge in [0.25, 0.3) is 0 Å². The maximum Gasteiger partial charge on any atom is 0.119 e. The fourth-order valence-electron chi connectivity index (χ4n) is 1.97. The molecule has 0 radical (unpaired) electrons. The van der Waals surface area contributed by atoms with Gasteiger partial charge in [0.1, 0.15) is 12.4 Å². The van der Waals surface area contributed by atoms with Crippen molar-refractivity contribution < 1.29 is 4.74 Å². The molecule has 0 saturated carbocycles. The molecule has 0 aromatic heterocycles. The second kappa shape index (κ2) is 10.0. The third-order valence-corrected chi connectivity index (χ3v) is 3.04. The molecule has 22 heavy (non-hydrogen) atoms. The van der Waals surface area contributed by atoms with Crippen LogP contribution in [0.25, 0.3) is 0 Å². The van der Waals surface area contributed by atoms with Gasteiger partial charge in [0, 0.05) is 18.4 Å². The zero-order valence-corrected chi connectivity index (χ0v) is 13.9. The highest BCUT2D eigenvalue weighted by atomic mass is 16.5. The van der Waals surface area contributed by atoms with Gasteiger partial charge in [-0.25, -0.2) is 5.84 Å². The number of ether oxygens (including phenoxy) is 1. The molecule has 124 valence electrons. The summed E-state index contributed by atoms with van der Waals surface area (Å²) < 4.78 is 5.68. The van der Waals surface area contributed by atoms with E-state index in [4.69, 9.17) is 16.3 Å². The number of nitrogens with one attached hydrogen (secondary N) is 1. The first-order valence-electron chi connectivity index (χ1n) is 7.50. The van der Waals surface area contributed by atoms with Gasteiger partial charge in [0.05, 0.1) is 6.54 Å². The standard InChI is InChI=1S/C16H29N5O/c1-19-9-8-14-4-6-16(7-5-14)22-11-10-21(18)13-15(17)12-20(2)3/h4-7,13,19H,8-12,17-18H2,1-3H3/b15-13-. The molecule has 0 bridgehead atoms. The van der Waals surface area contributed by atoms with E-state index in [-0.39, 0.29) is 0 Å². The van der Waals surface area contributed by atoms with E-state index in [0.717, 1.165) is 24.4 Å². The van der Waals surface area contributed by atoms with Crippen molar-refractivity contribution in [3.8, 4) is 5.75 Å². The Hall–Kier alpha value is -1.76. The predicted octanol–water partition coefficient (Wildman–Crippen LogP) is 0.365. The largest absolute Gasteiger partial charge is 0.492 e. The van der Waals surface area contributed by atoms with Crippen molar-refractivity contribution in [1.82, 2.24) is 15.2 Å². The van der Waals surface area contributed by atoms with Gasteiger partial charge in [-0.05, 0) is 51.8 Å². The van der Waals surface area contributed by atoms with Crippen molar-refractivity contribution in [2.45, 2.75) is 6.42 Å². The summed E-state index contributed by atoms with van der Waals surface area (Å²) in [7, 11) is 5.88. The van der Waals surface area contributed by atoms with Gasteiger partial charge in [-0.2, -0.15) is 0 Å². The van der Waals surface area contributed by atoms with Crippen LogP contribution < -0.4 is 21.6 Å². The molecule has 0 aliphatic rings. The van der Waals surface area contributed by atoms with Crippen molar-refractivity contribution in [3.63, 3.8) is 0 Å². The molecule has 1 rings (SSSR count). The monoisotopic (exact) mass is 307 g/mol. The van der Waals surface area contributed by atoms with Crippen LogP contribution in [0.5, 0.6) is 5.75 Å². The average molecular weight is 307 g/mol. The summed E-state index contributed by atoms with van der Waals surface area (Å²) in [5.74, 6) is 6.72. The van der Waals surface area contributed by atoms with E-state index in [1.807, 2.05) is 38.2 Å². The van der Waals surface area contributed by atoms with Crippen molar-refractivity contribution in [2.24, 2.45) is 11.6 Å². The van der Waals surface area contributed by atoms with Crippen molar-refractivity contribution in [2.75, 3.05) is 47.4 Å². The van der Waals surface area contributed by atoms with Gasteiger partial charge in [0.2, 0.25) is 0 Å². The molecule has 6 nitrogen and oxygen atoms in total. The Bertz CT molecular complexity index is 444. The number of rotatable bonds is 10. The molecule has 1 aromatic rings. The van der Waals surface area contributed by atoms with Gasteiger partial charge in [-0.15, -0.1) is 0 Å². The highest BCUT2D eigenvalue weighted by molar-refractivity contribution is 5.27. The summed E-state index contributed by atoms with van der Waals surface area (Å²) in [4.78, 5) is 1.99. The molecule has 0 fully saturated rings. The van der Waals surface area contributed by atoms with Crippen LogP contribution in [0.3, 0.4) is 0 Å². The summed E-state index contributed by atoms with van der Waals surface area (Å²) in [6.07, 6.45) is 2.76. The lowest BCUT2D eigenvalue weighted by atomic mass is 10.1. The fraction of sp³-hybridized carbons (Fsp3) is 0.500. The van der Waals surface area contributed by atoms with Crippen molar-refractivity contribution in [1.29, 1.82) is 0 Å². The van der Waals surface area contributed by atoms with Crippen LogP contribution in [0.4, 0.5) is 0 Å². The Morgan fingerprint density at radius 1 is 1.27 bits per heavy atom. The van der Waals surface area contributed by atoms with E-state index < -0.39 is 0 Å². The highest BCUT2D eigenvalue weighted by Gasteiger charge is 2.00. The molecule has 6 heteroatoms. The summed E-state index contributed by atoms with van der Waals surface area (Å²) in [6, 6.07) is 8.15. The number of benzene rings is 1. The zero-order chi connectivity index (χ0) is 16.4. The Morgan fingerprint density at radius 3 is 2.55 bits per heavy atom. The third kappa shape index (κ3) is 7.87. The van der Waals surface area contributed by atoms with E-state index in [2.05, 4.69) is 17.4 Å². The number of hydrogen-bond acceptors (Lipinski definition) is 6. The fourth-order valence-corrected chi connectivity index (χ4v) is 1.97. The summed E-state index contributed by atoms with van der Waals surface area (Å²) in [5.41, 5.74) is 7.88. The molecular weight excluding hydrogens is 278 g/mol. The molecular formula is C16H29N5O. The molecule has 0 amide bonds. The summed E-state index contributed by atoms with van der Waals surface area (Å²) in [5, 5.41) is 4.69. The summed E-state index contributed by atoms with van der Waals surface area (Å²) in [6.45, 7) is 2.75. The summed E-state index contributed by atoms with van der Waals surface area (Å²) >= 11 is 0. The molecule has 0 unspecified atom stereocenters. The Morgan fingerprint density at radius 2 is 1.95 bits per heavy atom. The number of hydrazine groups is 1. The molecule has 0 aliphatic carbocycles. The van der Waals surface area contributed by atoms with E-state index in [1.54, 1.807) is 11.2 Å². The first kappa shape index (κ1) is 18.3. The van der Waals surface area contributed by atoms with Crippen molar-refractivity contribution in [3.05, 3.63) is 41.7 Å². The SMILES string of the molecule is CNCCc1ccc(OCCN(N)/C=C(\N)CN(C)C)cc1. The predicted molar refractivity (Wildman–Crippen MR) is 91.3 cm³/mol. The number of nitrogens with zero attached hydrogens (tertiary/aromatic N) is 2. The van der Waals surface area contributed by atoms with Crippen LogP contribution >= 0.6 is 0 Å². The van der Waals surface area contributed by atoms with Gasteiger partial charge >= 0.3 is 0 Å². The Balaban J connectivity index is 2.31. The smallest absolute Gasteiger partial charge is 0.119 e. The van der Waals surface area contributed by atoms with Crippen LogP contribution in [0.1, 0.15) is 5.56 Å². The van der Waals surface area contributed by atoms with Crippen LogP contribution in [-0.4, -0.2) is 57.3 Å². The minimum absolute atomic E-state index is 0.512. The lowest BCUT2D eigenvalue weighted by Gasteiger charge is -2.17. The first-order valence-corrected chi connectivity index (χ1v) is 7.50. The number of nitrogens with two attached hydrogens (primary N) is 2. The van der Waals surface area contributed by atoms with Crippen LogP contribution in [0.15, 0.2) is 36.2 Å². The molecule has 0 saturated heterocycles. The minimum atomic E-state index is 0.512. The normalized spacial score (nSPS) is 11.8. The quantitative estimate of drug-likeness (QED) is 0.428. The van der Waals surface area contributed by atoms with E-state index in [1.165, 1.54) is 5.56 Å². The second-order valence-electron chi connectivity index (χ2n) is 5.53. The maximum atomic E-state index is 5.87. The number of likely N-dealkylation sites (N-methyl/N-ethyl adjacent to an activating group) is 2. The lowest BCUT2D eigenvalue weighted by Crippen LogP contribution is -2.32. The maximum absolute atomic E-state index is 5.87. The number of hydrogen-bond donors (Lipinski definition) is 3. The van der Waals surface area contributed by atoms with Gasteiger partial charge in [-0.1, -0.05) is 12.1 Å². The molecule has 1 aromatic carbocycles. The topological polar surface area (TPSA) is 79.8 Å². The molecule has 0 heterocycles. The minimum Gasteiger partial charge on any atom is -0.492 e. The second-order valence-corrected chi connectivity index (χ2v) is 5.53. The third-order valence-electron chi connectivity index (χ3n) is 3.04.